The summed E-state index contributed by atoms with van der Waals surface area (Å²) in [6.45, 7) is 0.133. The molecule has 0 N–H and O–H groups in total. The molecule has 4 heteroatoms. The second kappa shape index (κ2) is 7.12. The van der Waals surface area contributed by atoms with Gasteiger partial charge in [-0.1, -0.05) is 19.3 Å². The van der Waals surface area contributed by atoms with Crippen LogP contribution in [0, 0.1) is 3.57 Å². The Balaban J connectivity index is 1.81. The summed E-state index contributed by atoms with van der Waals surface area (Å²) in [5.41, 5.74) is 0. The number of ether oxygens (including phenoxy) is 1. The highest BCUT2D eigenvalue weighted by Crippen LogP contribution is 2.21. The van der Waals surface area contributed by atoms with Gasteiger partial charge >= 0.3 is 0 Å². The molecule has 1 aromatic carbocycles. The van der Waals surface area contributed by atoms with Gasteiger partial charge in [0.1, 0.15) is 5.75 Å². The minimum Gasteiger partial charge on any atom is -0.484 e. The van der Waals surface area contributed by atoms with Gasteiger partial charge in [0.2, 0.25) is 0 Å². The van der Waals surface area contributed by atoms with Crippen LogP contribution in [-0.4, -0.2) is 30.5 Å². The highest BCUT2D eigenvalue weighted by atomic mass is 127. The number of nitrogens with zero attached hydrogens (tertiary/aromatic N) is 1. The van der Waals surface area contributed by atoms with Gasteiger partial charge in [0.25, 0.3) is 5.91 Å². The number of carbonyl (C=O) groups is 1. The Kier molecular flexibility index (Phi) is 5.48. The molecule has 2 rings (SSSR count). The Hall–Kier alpha value is -0.780. The molecule has 0 saturated heterocycles. The van der Waals surface area contributed by atoms with Gasteiger partial charge < -0.3 is 9.64 Å². The van der Waals surface area contributed by atoms with Crippen LogP contribution in [0.4, 0.5) is 0 Å². The Morgan fingerprint density at radius 1 is 1.26 bits per heavy atom. The largest absolute Gasteiger partial charge is 0.484 e. The number of halogens is 1. The first-order chi connectivity index (χ1) is 9.16. The number of hydrogen-bond donors (Lipinski definition) is 0. The van der Waals surface area contributed by atoms with Crippen molar-refractivity contribution in [3.05, 3.63) is 27.8 Å². The van der Waals surface area contributed by atoms with E-state index in [4.69, 9.17) is 4.74 Å². The van der Waals surface area contributed by atoms with Gasteiger partial charge in [-0.3, -0.25) is 4.79 Å². The molecule has 1 aliphatic carbocycles. The summed E-state index contributed by atoms with van der Waals surface area (Å²) in [5.74, 6) is 0.830. The molecule has 104 valence electrons. The van der Waals surface area contributed by atoms with Crippen molar-refractivity contribution in [2.45, 2.75) is 38.1 Å². The normalized spacial score (nSPS) is 16.1. The summed E-state index contributed by atoms with van der Waals surface area (Å²) in [7, 11) is 1.90. The third kappa shape index (κ3) is 4.37. The maximum Gasteiger partial charge on any atom is 0.260 e. The van der Waals surface area contributed by atoms with Crippen LogP contribution >= 0.6 is 22.6 Å². The van der Waals surface area contributed by atoms with Crippen LogP contribution in [0.2, 0.25) is 0 Å². The van der Waals surface area contributed by atoms with Gasteiger partial charge in [-0.25, -0.2) is 0 Å². The summed E-state index contributed by atoms with van der Waals surface area (Å²) in [4.78, 5) is 13.9. The molecule has 0 heterocycles. The number of carbonyl (C=O) groups excluding carboxylic acids is 1. The minimum atomic E-state index is 0.0745. The highest BCUT2D eigenvalue weighted by Gasteiger charge is 2.22. The van der Waals surface area contributed by atoms with Crippen molar-refractivity contribution < 1.29 is 9.53 Å². The van der Waals surface area contributed by atoms with Gasteiger partial charge in [-0.2, -0.15) is 0 Å². The van der Waals surface area contributed by atoms with E-state index in [1.165, 1.54) is 19.3 Å². The molecule has 0 aliphatic heterocycles. The first-order valence-electron chi connectivity index (χ1n) is 6.81. The molecule has 1 saturated carbocycles. The lowest BCUT2D eigenvalue weighted by Gasteiger charge is -2.31. The summed E-state index contributed by atoms with van der Waals surface area (Å²) >= 11 is 2.25. The first kappa shape index (κ1) is 14.6. The smallest absolute Gasteiger partial charge is 0.260 e. The molecule has 0 radical (unpaired) electrons. The predicted octanol–water partition coefficient (Wildman–Crippen LogP) is 3.46. The molecule has 0 aromatic heterocycles. The maximum atomic E-state index is 12.1. The Labute approximate surface area is 128 Å². The van der Waals surface area contributed by atoms with Crippen LogP contribution in [0.15, 0.2) is 24.3 Å². The number of benzene rings is 1. The standard InChI is InChI=1S/C15H20INO2/c1-17(13-5-3-2-4-6-13)15(18)11-19-14-9-7-12(16)8-10-14/h7-10,13H,2-6,11H2,1H3. The Morgan fingerprint density at radius 3 is 2.53 bits per heavy atom. The number of hydrogen-bond acceptors (Lipinski definition) is 2. The van der Waals surface area contributed by atoms with E-state index in [-0.39, 0.29) is 12.5 Å². The SMILES string of the molecule is CN(C(=O)COc1ccc(I)cc1)C1CCCCC1. The number of rotatable bonds is 4. The lowest BCUT2D eigenvalue weighted by atomic mass is 9.94. The van der Waals surface area contributed by atoms with E-state index in [1.54, 1.807) is 0 Å². The van der Waals surface area contributed by atoms with Crippen LogP contribution < -0.4 is 4.74 Å². The zero-order valence-electron chi connectivity index (χ0n) is 11.3. The molecule has 3 nitrogen and oxygen atoms in total. The van der Waals surface area contributed by atoms with Gasteiger partial charge in [0, 0.05) is 16.7 Å². The lowest BCUT2D eigenvalue weighted by molar-refractivity contribution is -0.134. The monoisotopic (exact) mass is 373 g/mol. The van der Waals surface area contributed by atoms with E-state index >= 15 is 0 Å². The molecular formula is C15H20INO2. The Bertz CT molecular complexity index is 413. The zero-order chi connectivity index (χ0) is 13.7. The fraction of sp³-hybridized carbons (Fsp3) is 0.533. The first-order valence-corrected chi connectivity index (χ1v) is 7.89. The highest BCUT2D eigenvalue weighted by molar-refractivity contribution is 14.1. The third-order valence-corrected chi connectivity index (χ3v) is 4.41. The van der Waals surface area contributed by atoms with Crippen molar-refractivity contribution in [1.82, 2.24) is 4.90 Å². The zero-order valence-corrected chi connectivity index (χ0v) is 13.4. The van der Waals surface area contributed by atoms with Gasteiger partial charge in [0.15, 0.2) is 6.61 Å². The van der Waals surface area contributed by atoms with Crippen LogP contribution in [-0.2, 0) is 4.79 Å². The molecule has 1 fully saturated rings. The molecular weight excluding hydrogens is 353 g/mol. The average molecular weight is 373 g/mol. The van der Waals surface area contributed by atoms with Gasteiger partial charge in [-0.05, 0) is 59.7 Å². The predicted molar refractivity (Wildman–Crippen MR) is 84.3 cm³/mol. The number of likely N-dealkylation sites (N-methyl/N-ethyl adjacent to an activating group) is 1. The average Bonchev–Trinajstić information content (AvgIpc) is 2.46. The van der Waals surface area contributed by atoms with Crippen molar-refractivity contribution >= 4 is 28.5 Å². The van der Waals surface area contributed by atoms with Gasteiger partial charge in [-0.15, -0.1) is 0 Å². The summed E-state index contributed by atoms with van der Waals surface area (Å²) in [6.07, 6.45) is 6.04. The van der Waals surface area contributed by atoms with Crippen molar-refractivity contribution in [3.8, 4) is 5.75 Å². The molecule has 1 aromatic rings. The quantitative estimate of drug-likeness (QED) is 0.757. The van der Waals surface area contributed by atoms with Crippen molar-refractivity contribution in [3.63, 3.8) is 0 Å². The fourth-order valence-electron chi connectivity index (χ4n) is 2.45. The molecule has 1 amide bonds. The molecule has 0 atom stereocenters. The van der Waals surface area contributed by atoms with E-state index in [0.717, 1.165) is 22.2 Å². The molecule has 1 aliphatic rings. The van der Waals surface area contributed by atoms with Gasteiger partial charge in [0.05, 0.1) is 0 Å². The van der Waals surface area contributed by atoms with Crippen LogP contribution in [0.5, 0.6) is 5.75 Å². The van der Waals surface area contributed by atoms with Crippen LogP contribution in [0.25, 0.3) is 0 Å². The van der Waals surface area contributed by atoms with Crippen molar-refractivity contribution in [2.75, 3.05) is 13.7 Å². The molecule has 0 unspecified atom stereocenters. The third-order valence-electron chi connectivity index (χ3n) is 3.69. The minimum absolute atomic E-state index is 0.0745. The summed E-state index contributed by atoms with van der Waals surface area (Å²) in [5, 5.41) is 0. The lowest BCUT2D eigenvalue weighted by Crippen LogP contribution is -2.40. The van der Waals surface area contributed by atoms with E-state index in [1.807, 2.05) is 36.2 Å². The number of amides is 1. The fourth-order valence-corrected chi connectivity index (χ4v) is 2.81. The van der Waals surface area contributed by atoms with Crippen LogP contribution in [0.1, 0.15) is 32.1 Å². The van der Waals surface area contributed by atoms with E-state index in [0.29, 0.717) is 6.04 Å². The van der Waals surface area contributed by atoms with Crippen molar-refractivity contribution in [2.24, 2.45) is 0 Å². The van der Waals surface area contributed by atoms with Crippen molar-refractivity contribution in [1.29, 1.82) is 0 Å². The van der Waals surface area contributed by atoms with E-state index in [2.05, 4.69) is 22.6 Å². The summed E-state index contributed by atoms with van der Waals surface area (Å²) in [6, 6.07) is 8.16. The topological polar surface area (TPSA) is 29.5 Å². The Morgan fingerprint density at radius 2 is 1.89 bits per heavy atom. The maximum absolute atomic E-state index is 12.1. The van der Waals surface area contributed by atoms with Crippen LogP contribution in [0.3, 0.4) is 0 Å². The molecule has 19 heavy (non-hydrogen) atoms. The van der Waals surface area contributed by atoms with E-state index < -0.39 is 0 Å². The van der Waals surface area contributed by atoms with E-state index in [9.17, 15) is 4.79 Å². The second-order valence-corrected chi connectivity index (χ2v) is 6.28. The second-order valence-electron chi connectivity index (χ2n) is 5.04. The molecule has 0 bridgehead atoms. The summed E-state index contributed by atoms with van der Waals surface area (Å²) < 4.78 is 6.70. The molecule has 0 spiro atoms.